The van der Waals surface area contributed by atoms with Gasteiger partial charge in [0.15, 0.2) is 5.96 Å². The van der Waals surface area contributed by atoms with Gasteiger partial charge < -0.3 is 10.6 Å². The van der Waals surface area contributed by atoms with Crippen LogP contribution in [0.25, 0.3) is 0 Å². The number of hydrogen-bond acceptors (Lipinski definition) is 3. The van der Waals surface area contributed by atoms with Gasteiger partial charge in [0, 0.05) is 6.04 Å². The van der Waals surface area contributed by atoms with Crippen molar-refractivity contribution in [3.8, 4) is 0 Å². The Morgan fingerprint density at radius 3 is 2.53 bits per heavy atom. The summed E-state index contributed by atoms with van der Waals surface area (Å²) in [5.74, 6) is 2.36. The van der Waals surface area contributed by atoms with E-state index < -0.39 is 0 Å². The first-order valence-electron chi connectivity index (χ1n) is 8.24. The average molecular weight is 263 g/mol. The fraction of sp³-hybridized carbons (Fsp3) is 0.938. The van der Waals surface area contributed by atoms with Crippen LogP contribution in [0.5, 0.6) is 0 Å². The predicted octanol–water partition coefficient (Wildman–Crippen LogP) is 3.14. The van der Waals surface area contributed by atoms with Gasteiger partial charge in [-0.15, -0.1) is 0 Å². The summed E-state index contributed by atoms with van der Waals surface area (Å²) in [7, 11) is 0. The third kappa shape index (κ3) is 2.05. The molecular formula is C16H29N3. The Labute approximate surface area is 117 Å². The first kappa shape index (κ1) is 13.3. The van der Waals surface area contributed by atoms with Crippen LogP contribution >= 0.6 is 0 Å². The van der Waals surface area contributed by atoms with Crippen LogP contribution in [0.15, 0.2) is 4.99 Å². The minimum Gasteiger partial charge on any atom is -0.370 e. The predicted molar refractivity (Wildman–Crippen MR) is 80.1 cm³/mol. The lowest BCUT2D eigenvalue weighted by molar-refractivity contribution is 0.0223. The van der Waals surface area contributed by atoms with Gasteiger partial charge in [-0.2, -0.15) is 0 Å². The summed E-state index contributed by atoms with van der Waals surface area (Å²) in [6.07, 6.45) is 10.8. The molecule has 0 aromatic heterocycles. The molecule has 0 bridgehead atoms. The van der Waals surface area contributed by atoms with E-state index in [1.807, 2.05) is 0 Å². The molecule has 2 saturated carbocycles. The van der Waals surface area contributed by atoms with Crippen molar-refractivity contribution in [2.75, 3.05) is 6.54 Å². The maximum Gasteiger partial charge on any atom is 0.192 e. The van der Waals surface area contributed by atoms with Gasteiger partial charge in [-0.1, -0.05) is 39.5 Å². The number of aliphatic imine (C=N–C) groups is 1. The monoisotopic (exact) mass is 263 g/mol. The molecule has 2 atom stereocenters. The zero-order valence-corrected chi connectivity index (χ0v) is 12.6. The zero-order chi connectivity index (χ0) is 13.5. The van der Waals surface area contributed by atoms with Gasteiger partial charge in [-0.25, -0.2) is 0 Å². The van der Waals surface area contributed by atoms with E-state index >= 15 is 0 Å². The smallest absolute Gasteiger partial charge is 0.192 e. The molecule has 3 heteroatoms. The molecule has 19 heavy (non-hydrogen) atoms. The quantitative estimate of drug-likeness (QED) is 0.831. The summed E-state index contributed by atoms with van der Waals surface area (Å²) in [5, 5.41) is 0. The van der Waals surface area contributed by atoms with Crippen LogP contribution in [0.4, 0.5) is 0 Å². The molecule has 3 rings (SSSR count). The Bertz CT molecular complexity index is 357. The molecule has 3 aliphatic rings. The van der Waals surface area contributed by atoms with E-state index in [0.29, 0.717) is 6.04 Å². The number of nitrogens with zero attached hydrogens (tertiary/aromatic N) is 2. The van der Waals surface area contributed by atoms with Crippen molar-refractivity contribution in [1.82, 2.24) is 4.90 Å². The summed E-state index contributed by atoms with van der Waals surface area (Å²) in [5.41, 5.74) is 6.57. The lowest BCUT2D eigenvalue weighted by atomic mass is 9.67. The molecule has 2 fully saturated rings. The fourth-order valence-electron chi connectivity index (χ4n) is 5.01. The molecule has 2 aliphatic carbocycles. The first-order chi connectivity index (χ1) is 9.15. The molecule has 1 aliphatic heterocycles. The third-order valence-electron chi connectivity index (χ3n) is 5.80. The van der Waals surface area contributed by atoms with Crippen molar-refractivity contribution < 1.29 is 0 Å². The van der Waals surface area contributed by atoms with Gasteiger partial charge in [0.2, 0.25) is 0 Å². The van der Waals surface area contributed by atoms with Crippen molar-refractivity contribution in [2.24, 2.45) is 22.6 Å². The van der Waals surface area contributed by atoms with Gasteiger partial charge >= 0.3 is 0 Å². The average Bonchev–Trinajstić information content (AvgIpc) is 2.99. The molecule has 0 amide bonds. The van der Waals surface area contributed by atoms with Gasteiger partial charge in [-0.3, -0.25) is 4.99 Å². The summed E-state index contributed by atoms with van der Waals surface area (Å²) in [6, 6.07) is 0.672. The van der Waals surface area contributed by atoms with Gasteiger partial charge in [-0.05, 0) is 37.5 Å². The van der Waals surface area contributed by atoms with Gasteiger partial charge in [0.05, 0.1) is 12.1 Å². The highest BCUT2D eigenvalue weighted by Gasteiger charge is 2.52. The van der Waals surface area contributed by atoms with Crippen molar-refractivity contribution >= 4 is 5.96 Å². The zero-order valence-electron chi connectivity index (χ0n) is 12.6. The minimum absolute atomic E-state index is 0.269. The maximum absolute atomic E-state index is 6.30. The van der Waals surface area contributed by atoms with E-state index in [9.17, 15) is 0 Å². The van der Waals surface area contributed by atoms with E-state index in [-0.39, 0.29) is 5.54 Å². The highest BCUT2D eigenvalue weighted by molar-refractivity contribution is 5.81. The molecule has 2 N–H and O–H groups in total. The second kappa shape index (κ2) is 4.99. The largest absolute Gasteiger partial charge is 0.370 e. The van der Waals surface area contributed by atoms with Crippen molar-refractivity contribution in [2.45, 2.75) is 76.8 Å². The van der Waals surface area contributed by atoms with Crippen LogP contribution in [-0.4, -0.2) is 29.0 Å². The highest BCUT2D eigenvalue weighted by atomic mass is 15.4. The second-order valence-corrected chi connectivity index (χ2v) is 7.18. The molecular weight excluding hydrogens is 234 g/mol. The third-order valence-corrected chi connectivity index (χ3v) is 5.80. The fourth-order valence-corrected chi connectivity index (χ4v) is 5.01. The molecule has 0 aromatic rings. The Kier molecular flexibility index (Phi) is 3.48. The van der Waals surface area contributed by atoms with Crippen LogP contribution in [-0.2, 0) is 0 Å². The molecule has 2 unspecified atom stereocenters. The number of guanidine groups is 1. The second-order valence-electron chi connectivity index (χ2n) is 7.18. The van der Waals surface area contributed by atoms with E-state index in [4.69, 9.17) is 10.7 Å². The van der Waals surface area contributed by atoms with Crippen molar-refractivity contribution in [3.05, 3.63) is 0 Å². The van der Waals surface area contributed by atoms with Crippen LogP contribution in [0.2, 0.25) is 0 Å². The Morgan fingerprint density at radius 2 is 1.84 bits per heavy atom. The van der Waals surface area contributed by atoms with Crippen LogP contribution in [0.3, 0.4) is 0 Å². The Morgan fingerprint density at radius 1 is 1.16 bits per heavy atom. The number of rotatable bonds is 2. The molecule has 0 saturated heterocycles. The number of nitrogens with two attached hydrogens (primary N) is 1. The number of hydrogen-bond donors (Lipinski definition) is 1. The van der Waals surface area contributed by atoms with E-state index in [2.05, 4.69) is 18.7 Å². The summed E-state index contributed by atoms with van der Waals surface area (Å²) in [4.78, 5) is 7.28. The standard InChI is InChI=1S/C16H29N3/c1-12(2)14-9-5-6-10-16(14)11-18-15(17)19(16)13-7-3-4-8-13/h12-14H,3-11H2,1-2H3,(H2,17,18). The summed E-state index contributed by atoms with van der Waals surface area (Å²) in [6.45, 7) is 5.73. The van der Waals surface area contributed by atoms with Gasteiger partial charge in [0.25, 0.3) is 0 Å². The minimum atomic E-state index is 0.269. The van der Waals surface area contributed by atoms with Crippen LogP contribution < -0.4 is 5.73 Å². The van der Waals surface area contributed by atoms with Gasteiger partial charge in [0.1, 0.15) is 0 Å². The van der Waals surface area contributed by atoms with E-state index in [1.54, 1.807) is 0 Å². The van der Waals surface area contributed by atoms with E-state index in [0.717, 1.165) is 24.3 Å². The normalized spacial score (nSPS) is 36.5. The van der Waals surface area contributed by atoms with Crippen LogP contribution in [0, 0.1) is 11.8 Å². The summed E-state index contributed by atoms with van der Waals surface area (Å²) < 4.78 is 0. The molecule has 1 heterocycles. The first-order valence-corrected chi connectivity index (χ1v) is 8.24. The lowest BCUT2D eigenvalue weighted by Crippen LogP contribution is -2.61. The van der Waals surface area contributed by atoms with Crippen molar-refractivity contribution in [3.63, 3.8) is 0 Å². The SMILES string of the molecule is CC(C)C1CCCCC12CN=C(N)N2C1CCCC1. The molecule has 108 valence electrons. The Hall–Kier alpha value is -0.730. The molecule has 3 nitrogen and oxygen atoms in total. The summed E-state index contributed by atoms with van der Waals surface area (Å²) >= 11 is 0. The highest BCUT2D eigenvalue weighted by Crippen LogP contribution is 2.47. The molecule has 1 spiro atoms. The topological polar surface area (TPSA) is 41.6 Å². The Balaban J connectivity index is 1.91. The molecule has 0 aromatic carbocycles. The van der Waals surface area contributed by atoms with Crippen LogP contribution in [0.1, 0.15) is 65.2 Å². The van der Waals surface area contributed by atoms with Crippen molar-refractivity contribution in [1.29, 1.82) is 0 Å². The van der Waals surface area contributed by atoms with E-state index in [1.165, 1.54) is 51.4 Å². The lowest BCUT2D eigenvalue weighted by Gasteiger charge is -2.51. The molecule has 0 radical (unpaired) electrons. The maximum atomic E-state index is 6.30.